The Balaban J connectivity index is 2.51. The summed E-state index contributed by atoms with van der Waals surface area (Å²) in [4.78, 5) is 12.3. The zero-order chi connectivity index (χ0) is 14.2. The highest BCUT2D eigenvalue weighted by atomic mass is 16.5. The van der Waals surface area contributed by atoms with Gasteiger partial charge < -0.3 is 4.74 Å². The molecule has 0 saturated heterocycles. The highest BCUT2D eigenvalue weighted by molar-refractivity contribution is 5.83. The number of methoxy groups -OCH3 is 1. The lowest BCUT2D eigenvalue weighted by atomic mass is 9.84. The van der Waals surface area contributed by atoms with E-state index in [-0.39, 0.29) is 5.97 Å². The van der Waals surface area contributed by atoms with Gasteiger partial charge in [0.1, 0.15) is 5.54 Å². The zero-order valence-corrected chi connectivity index (χ0v) is 12.5. The molecule has 0 radical (unpaired) electrons. The first-order chi connectivity index (χ1) is 8.88. The van der Waals surface area contributed by atoms with Crippen LogP contribution in [-0.2, 0) is 15.1 Å². The van der Waals surface area contributed by atoms with Crippen LogP contribution >= 0.6 is 0 Å². The number of hydrogen-bond acceptors (Lipinski definition) is 3. The lowest BCUT2D eigenvalue weighted by Crippen LogP contribution is -2.49. The van der Waals surface area contributed by atoms with Gasteiger partial charge in [0.15, 0.2) is 0 Å². The lowest BCUT2D eigenvalue weighted by Gasteiger charge is -2.32. The van der Waals surface area contributed by atoms with Crippen molar-refractivity contribution in [2.45, 2.75) is 52.1 Å². The smallest absolute Gasteiger partial charge is 0.330 e. The van der Waals surface area contributed by atoms with Gasteiger partial charge in [0.25, 0.3) is 0 Å². The fraction of sp³-hybridized carbons (Fsp3) is 0.562. The fourth-order valence-electron chi connectivity index (χ4n) is 3.04. The maximum Gasteiger partial charge on any atom is 0.330 e. The second-order valence-corrected chi connectivity index (χ2v) is 5.81. The summed E-state index contributed by atoms with van der Waals surface area (Å²) in [6, 6.07) is 4.68. The molecule has 0 spiro atoms. The number of ether oxygens (including phenoxy) is 1. The average molecular weight is 261 g/mol. The summed E-state index contributed by atoms with van der Waals surface area (Å²) in [7, 11) is 1.45. The fourth-order valence-corrected chi connectivity index (χ4v) is 3.04. The van der Waals surface area contributed by atoms with Crippen molar-refractivity contribution in [1.82, 2.24) is 5.32 Å². The number of nitrogens with one attached hydrogen (secondary N) is 1. The van der Waals surface area contributed by atoms with E-state index in [1.165, 1.54) is 12.7 Å². The van der Waals surface area contributed by atoms with Crippen LogP contribution < -0.4 is 5.32 Å². The second-order valence-electron chi connectivity index (χ2n) is 5.81. The number of rotatable bonds is 4. The lowest BCUT2D eigenvalue weighted by molar-refractivity contribution is -0.148. The molecule has 0 bridgehead atoms. The molecule has 1 N–H and O–H groups in total. The van der Waals surface area contributed by atoms with Gasteiger partial charge >= 0.3 is 5.97 Å². The standard InChI is InChI=1S/C16H23NO2/c1-10-8-11(2)14(12(3)9-10)16(4,15(18)19-5)17-13-6-7-13/h8-9,13,17H,6-7H2,1-5H3. The van der Waals surface area contributed by atoms with Crippen LogP contribution in [0.3, 0.4) is 0 Å². The third kappa shape index (κ3) is 2.66. The highest BCUT2D eigenvalue weighted by Crippen LogP contribution is 2.33. The molecule has 1 aliphatic rings. The Bertz CT molecular complexity index is 482. The van der Waals surface area contributed by atoms with E-state index in [9.17, 15) is 4.79 Å². The molecule has 1 aromatic rings. The summed E-state index contributed by atoms with van der Waals surface area (Å²) >= 11 is 0. The van der Waals surface area contributed by atoms with E-state index in [0.717, 1.165) is 29.5 Å². The first kappa shape index (κ1) is 14.1. The molecule has 19 heavy (non-hydrogen) atoms. The van der Waals surface area contributed by atoms with Crippen LogP contribution in [0.1, 0.15) is 42.0 Å². The molecule has 0 amide bonds. The molecule has 0 heterocycles. The molecule has 3 heteroatoms. The van der Waals surface area contributed by atoms with Crippen molar-refractivity contribution in [3.05, 3.63) is 34.4 Å². The zero-order valence-electron chi connectivity index (χ0n) is 12.5. The molecule has 1 unspecified atom stereocenters. The first-order valence-electron chi connectivity index (χ1n) is 6.83. The molecule has 0 aliphatic heterocycles. The molecule has 1 saturated carbocycles. The molecule has 104 valence electrons. The Morgan fingerprint density at radius 2 is 1.79 bits per heavy atom. The van der Waals surface area contributed by atoms with Gasteiger partial charge in [-0.25, -0.2) is 4.79 Å². The summed E-state index contributed by atoms with van der Waals surface area (Å²) in [6.07, 6.45) is 2.27. The van der Waals surface area contributed by atoms with Crippen LogP contribution in [0, 0.1) is 20.8 Å². The van der Waals surface area contributed by atoms with E-state index in [0.29, 0.717) is 6.04 Å². The van der Waals surface area contributed by atoms with Crippen molar-refractivity contribution < 1.29 is 9.53 Å². The first-order valence-corrected chi connectivity index (χ1v) is 6.83. The third-order valence-corrected chi connectivity index (χ3v) is 3.84. The number of benzene rings is 1. The highest BCUT2D eigenvalue weighted by Gasteiger charge is 2.42. The SMILES string of the molecule is COC(=O)C(C)(NC1CC1)c1c(C)cc(C)cc1C. The summed E-state index contributed by atoms with van der Waals surface area (Å²) in [5.74, 6) is -0.213. The maximum absolute atomic E-state index is 12.3. The predicted octanol–water partition coefficient (Wildman–Crippen LogP) is 2.75. The van der Waals surface area contributed by atoms with Gasteiger partial charge in [0, 0.05) is 6.04 Å². The minimum atomic E-state index is -0.752. The van der Waals surface area contributed by atoms with Crippen molar-refractivity contribution in [2.24, 2.45) is 0 Å². The monoisotopic (exact) mass is 261 g/mol. The van der Waals surface area contributed by atoms with Gasteiger partial charge in [0.05, 0.1) is 7.11 Å². The van der Waals surface area contributed by atoms with E-state index in [4.69, 9.17) is 4.74 Å². The van der Waals surface area contributed by atoms with Gasteiger partial charge in [-0.15, -0.1) is 0 Å². The van der Waals surface area contributed by atoms with Gasteiger partial charge in [-0.3, -0.25) is 5.32 Å². The second kappa shape index (κ2) is 4.97. The van der Waals surface area contributed by atoms with Crippen molar-refractivity contribution in [1.29, 1.82) is 0 Å². The van der Waals surface area contributed by atoms with Crippen LogP contribution in [0.5, 0.6) is 0 Å². The Labute approximate surface area is 115 Å². The van der Waals surface area contributed by atoms with Gasteiger partial charge in [-0.05, 0) is 57.2 Å². The summed E-state index contributed by atoms with van der Waals surface area (Å²) in [6.45, 7) is 8.13. The summed E-state index contributed by atoms with van der Waals surface area (Å²) in [5.41, 5.74) is 3.80. The number of aryl methyl sites for hydroxylation is 3. The molecule has 3 nitrogen and oxygen atoms in total. The summed E-state index contributed by atoms with van der Waals surface area (Å²) in [5, 5.41) is 3.46. The van der Waals surface area contributed by atoms with E-state index < -0.39 is 5.54 Å². The van der Waals surface area contributed by atoms with E-state index in [1.807, 2.05) is 6.92 Å². The molecule has 1 atom stereocenters. The Morgan fingerprint density at radius 1 is 1.26 bits per heavy atom. The predicted molar refractivity (Wildman–Crippen MR) is 76.2 cm³/mol. The Kier molecular flexibility index (Phi) is 3.68. The minimum Gasteiger partial charge on any atom is -0.467 e. The number of esters is 1. The number of carbonyl (C=O) groups is 1. The number of hydrogen-bond donors (Lipinski definition) is 1. The number of carbonyl (C=O) groups excluding carboxylic acids is 1. The topological polar surface area (TPSA) is 38.3 Å². The average Bonchev–Trinajstić information content (AvgIpc) is 3.10. The molecule has 1 fully saturated rings. The van der Waals surface area contributed by atoms with Crippen LogP contribution in [0.2, 0.25) is 0 Å². The van der Waals surface area contributed by atoms with Gasteiger partial charge in [-0.1, -0.05) is 17.7 Å². The molecule has 1 aliphatic carbocycles. The van der Waals surface area contributed by atoms with Crippen molar-refractivity contribution in [3.63, 3.8) is 0 Å². The largest absolute Gasteiger partial charge is 0.467 e. The molecule has 0 aromatic heterocycles. The third-order valence-electron chi connectivity index (χ3n) is 3.84. The van der Waals surface area contributed by atoms with Crippen LogP contribution in [0.15, 0.2) is 12.1 Å². The normalized spacial score (nSPS) is 17.9. The quantitative estimate of drug-likeness (QED) is 0.847. The van der Waals surface area contributed by atoms with Crippen molar-refractivity contribution in [3.8, 4) is 0 Å². The van der Waals surface area contributed by atoms with E-state index in [1.54, 1.807) is 0 Å². The maximum atomic E-state index is 12.3. The molecular weight excluding hydrogens is 238 g/mol. The van der Waals surface area contributed by atoms with E-state index >= 15 is 0 Å². The van der Waals surface area contributed by atoms with Crippen LogP contribution in [0.4, 0.5) is 0 Å². The van der Waals surface area contributed by atoms with Gasteiger partial charge in [-0.2, -0.15) is 0 Å². The minimum absolute atomic E-state index is 0.213. The molecule has 1 aromatic carbocycles. The Hall–Kier alpha value is -1.35. The van der Waals surface area contributed by atoms with E-state index in [2.05, 4.69) is 38.2 Å². The van der Waals surface area contributed by atoms with Crippen LogP contribution in [0.25, 0.3) is 0 Å². The molecule has 2 rings (SSSR count). The Morgan fingerprint density at radius 3 is 2.21 bits per heavy atom. The van der Waals surface area contributed by atoms with Crippen molar-refractivity contribution in [2.75, 3.05) is 7.11 Å². The molecular formula is C16H23NO2. The van der Waals surface area contributed by atoms with Crippen molar-refractivity contribution >= 4 is 5.97 Å². The van der Waals surface area contributed by atoms with Gasteiger partial charge in [0.2, 0.25) is 0 Å². The van der Waals surface area contributed by atoms with Crippen LogP contribution in [-0.4, -0.2) is 19.1 Å². The summed E-state index contributed by atoms with van der Waals surface area (Å²) < 4.78 is 5.04.